The van der Waals surface area contributed by atoms with Gasteiger partial charge in [0.2, 0.25) is 5.91 Å². The van der Waals surface area contributed by atoms with Crippen LogP contribution in [0.5, 0.6) is 0 Å². The molecule has 3 fully saturated rings. The van der Waals surface area contributed by atoms with Gasteiger partial charge in [0, 0.05) is 44.2 Å². The Morgan fingerprint density at radius 1 is 1.08 bits per heavy atom. The maximum atomic E-state index is 13.1. The Balaban J connectivity index is 1.75. The quantitative estimate of drug-likeness (QED) is 0.797. The van der Waals surface area contributed by atoms with Crippen LogP contribution in [0.4, 0.5) is 0 Å². The summed E-state index contributed by atoms with van der Waals surface area (Å²) in [4.78, 5) is 26.4. The molecule has 2 heterocycles. The van der Waals surface area contributed by atoms with Gasteiger partial charge >= 0.3 is 5.97 Å². The molecule has 1 saturated carbocycles. The molecule has 1 atom stereocenters. The summed E-state index contributed by atoms with van der Waals surface area (Å²) in [6.07, 6.45) is 6.59. The molecule has 136 valence electrons. The summed E-state index contributed by atoms with van der Waals surface area (Å²) in [6, 6.07) is 0. The van der Waals surface area contributed by atoms with Crippen molar-refractivity contribution < 1.29 is 24.5 Å². The molecule has 0 aromatic carbocycles. The van der Waals surface area contributed by atoms with Crippen LogP contribution in [0, 0.1) is 11.3 Å². The van der Waals surface area contributed by atoms with Gasteiger partial charge < -0.3 is 19.8 Å². The number of carbonyl (C=O) groups excluding carboxylic acids is 1. The van der Waals surface area contributed by atoms with Crippen molar-refractivity contribution in [1.82, 2.24) is 4.90 Å². The van der Waals surface area contributed by atoms with Crippen LogP contribution in [0.3, 0.4) is 0 Å². The van der Waals surface area contributed by atoms with Crippen LogP contribution in [0.1, 0.15) is 57.8 Å². The summed E-state index contributed by atoms with van der Waals surface area (Å²) in [5.41, 5.74) is -0.557. The van der Waals surface area contributed by atoms with Crippen LogP contribution in [-0.4, -0.2) is 58.9 Å². The minimum Gasteiger partial charge on any atom is -0.481 e. The molecule has 3 rings (SSSR count). The highest BCUT2D eigenvalue weighted by Crippen LogP contribution is 2.47. The average Bonchev–Trinajstić information content (AvgIpc) is 3.12. The van der Waals surface area contributed by atoms with Crippen LogP contribution < -0.4 is 0 Å². The molecule has 0 aromatic rings. The van der Waals surface area contributed by atoms with E-state index in [2.05, 4.69) is 0 Å². The monoisotopic (exact) mass is 339 g/mol. The predicted octanol–water partition coefficient (Wildman–Crippen LogP) is 1.80. The molecule has 6 heteroatoms. The maximum absolute atomic E-state index is 13.1. The van der Waals surface area contributed by atoms with Crippen LogP contribution in [0.25, 0.3) is 0 Å². The highest BCUT2D eigenvalue weighted by atomic mass is 16.5. The number of nitrogens with zero attached hydrogens (tertiary/aromatic N) is 1. The van der Waals surface area contributed by atoms with Crippen LogP contribution >= 0.6 is 0 Å². The number of hydrogen-bond donors (Lipinski definition) is 2. The van der Waals surface area contributed by atoms with E-state index < -0.39 is 5.97 Å². The molecular formula is C18H29NO5. The van der Waals surface area contributed by atoms with Crippen LogP contribution in [0.15, 0.2) is 0 Å². The Morgan fingerprint density at radius 2 is 1.75 bits per heavy atom. The maximum Gasteiger partial charge on any atom is 0.303 e. The summed E-state index contributed by atoms with van der Waals surface area (Å²) in [5, 5.41) is 18.9. The number of aliphatic carboxylic acids is 1. The largest absolute Gasteiger partial charge is 0.481 e. The lowest BCUT2D eigenvalue weighted by Crippen LogP contribution is -2.51. The van der Waals surface area contributed by atoms with Crippen molar-refractivity contribution in [3.63, 3.8) is 0 Å². The molecule has 0 aromatic heterocycles. The fourth-order valence-corrected chi connectivity index (χ4v) is 5.16. The van der Waals surface area contributed by atoms with Gasteiger partial charge in [0.1, 0.15) is 0 Å². The number of aliphatic hydroxyl groups excluding tert-OH is 1. The van der Waals surface area contributed by atoms with Gasteiger partial charge in [-0.2, -0.15) is 0 Å². The third-order valence-electron chi connectivity index (χ3n) is 6.38. The van der Waals surface area contributed by atoms with Gasteiger partial charge in [0.05, 0.1) is 6.42 Å². The number of hydrogen-bond acceptors (Lipinski definition) is 4. The van der Waals surface area contributed by atoms with E-state index in [0.29, 0.717) is 26.2 Å². The minimum atomic E-state index is -0.805. The first-order chi connectivity index (χ1) is 11.5. The first kappa shape index (κ1) is 17.7. The summed E-state index contributed by atoms with van der Waals surface area (Å²) >= 11 is 0. The number of likely N-dealkylation sites (tertiary alicyclic amines) is 1. The van der Waals surface area contributed by atoms with Crippen molar-refractivity contribution in [1.29, 1.82) is 0 Å². The number of aliphatic hydroxyl groups is 1. The Kier molecular flexibility index (Phi) is 5.16. The summed E-state index contributed by atoms with van der Waals surface area (Å²) in [6.45, 7) is 2.01. The third kappa shape index (κ3) is 3.45. The van der Waals surface area contributed by atoms with E-state index in [-0.39, 0.29) is 35.8 Å². The zero-order valence-corrected chi connectivity index (χ0v) is 14.3. The third-order valence-corrected chi connectivity index (χ3v) is 6.38. The Bertz CT molecular complexity index is 480. The zero-order valence-electron chi connectivity index (χ0n) is 14.3. The zero-order chi connectivity index (χ0) is 17.2. The molecular weight excluding hydrogens is 310 g/mol. The molecule has 1 unspecified atom stereocenters. The van der Waals surface area contributed by atoms with E-state index in [4.69, 9.17) is 4.74 Å². The molecule has 2 saturated heterocycles. The molecule has 0 bridgehead atoms. The van der Waals surface area contributed by atoms with Gasteiger partial charge in [0.15, 0.2) is 0 Å². The lowest BCUT2D eigenvalue weighted by Gasteiger charge is -2.42. The molecule has 1 aliphatic carbocycles. The molecule has 1 amide bonds. The van der Waals surface area contributed by atoms with E-state index in [9.17, 15) is 19.8 Å². The minimum absolute atomic E-state index is 0.0796. The Morgan fingerprint density at radius 3 is 2.33 bits per heavy atom. The lowest BCUT2D eigenvalue weighted by molar-refractivity contribution is -0.144. The number of carboxylic acid groups (broad SMARTS) is 1. The molecule has 2 aliphatic heterocycles. The van der Waals surface area contributed by atoms with Crippen LogP contribution in [0.2, 0.25) is 0 Å². The number of rotatable bonds is 5. The number of carbonyl (C=O) groups is 2. The fraction of sp³-hybridized carbons (Fsp3) is 0.889. The fourth-order valence-electron chi connectivity index (χ4n) is 5.16. The van der Waals surface area contributed by atoms with E-state index in [1.807, 2.05) is 4.90 Å². The van der Waals surface area contributed by atoms with Gasteiger partial charge in [-0.05, 0) is 37.5 Å². The number of carboxylic acids is 1. The highest BCUT2D eigenvalue weighted by molar-refractivity contribution is 5.79. The van der Waals surface area contributed by atoms with Crippen molar-refractivity contribution in [2.75, 3.05) is 26.4 Å². The second-order valence-corrected chi connectivity index (χ2v) is 8.05. The van der Waals surface area contributed by atoms with Gasteiger partial charge in [0.25, 0.3) is 0 Å². The molecule has 24 heavy (non-hydrogen) atoms. The first-order valence-electron chi connectivity index (χ1n) is 9.20. The predicted molar refractivity (Wildman–Crippen MR) is 87.5 cm³/mol. The molecule has 0 radical (unpaired) electrons. The Hall–Kier alpha value is -1.14. The van der Waals surface area contributed by atoms with Crippen LogP contribution in [-0.2, 0) is 14.3 Å². The molecule has 2 N–H and O–H groups in total. The molecule has 6 nitrogen and oxygen atoms in total. The second-order valence-electron chi connectivity index (χ2n) is 8.05. The van der Waals surface area contributed by atoms with E-state index in [1.165, 1.54) is 0 Å². The van der Waals surface area contributed by atoms with E-state index in [0.717, 1.165) is 44.9 Å². The van der Waals surface area contributed by atoms with Gasteiger partial charge in [-0.25, -0.2) is 0 Å². The van der Waals surface area contributed by atoms with E-state index in [1.54, 1.807) is 0 Å². The summed E-state index contributed by atoms with van der Waals surface area (Å²) in [7, 11) is 0. The van der Waals surface area contributed by atoms with Gasteiger partial charge in [-0.1, -0.05) is 12.8 Å². The van der Waals surface area contributed by atoms with Crippen molar-refractivity contribution in [2.45, 2.75) is 63.3 Å². The molecule has 1 spiro atoms. The smallest absolute Gasteiger partial charge is 0.303 e. The highest BCUT2D eigenvalue weighted by Gasteiger charge is 2.50. The average molecular weight is 339 g/mol. The number of ether oxygens (including phenoxy) is 1. The van der Waals surface area contributed by atoms with Crippen molar-refractivity contribution in [2.24, 2.45) is 11.3 Å². The standard InChI is InChI=1S/C18H29NO5/c20-13-14-9-18(5-7-24-8-6-18)19(12-14)15(21)10-17(11-16(22)23)3-1-2-4-17/h14,20H,1-13H2,(H,22,23). The molecule has 3 aliphatic rings. The second kappa shape index (κ2) is 7.00. The topological polar surface area (TPSA) is 87.1 Å². The first-order valence-corrected chi connectivity index (χ1v) is 9.20. The van der Waals surface area contributed by atoms with E-state index >= 15 is 0 Å². The van der Waals surface area contributed by atoms with Gasteiger partial charge in [-0.3, -0.25) is 9.59 Å². The SMILES string of the molecule is O=C(O)CC1(CC(=O)N2CC(CO)CC23CCOCC3)CCCC1. The van der Waals surface area contributed by atoms with Crippen molar-refractivity contribution in [3.8, 4) is 0 Å². The Labute approximate surface area is 143 Å². The van der Waals surface area contributed by atoms with Crippen molar-refractivity contribution in [3.05, 3.63) is 0 Å². The van der Waals surface area contributed by atoms with Crippen molar-refractivity contribution >= 4 is 11.9 Å². The summed E-state index contributed by atoms with van der Waals surface area (Å²) in [5.74, 6) is -0.595. The summed E-state index contributed by atoms with van der Waals surface area (Å²) < 4.78 is 5.48. The number of amides is 1. The lowest BCUT2D eigenvalue weighted by atomic mass is 9.78. The normalized spacial score (nSPS) is 28.4. The van der Waals surface area contributed by atoms with Gasteiger partial charge in [-0.15, -0.1) is 0 Å².